The lowest BCUT2D eigenvalue weighted by atomic mass is 9.90. The number of carbonyl (C=O) groups excluding carboxylic acids is 2. The van der Waals surface area contributed by atoms with Crippen molar-refractivity contribution in [2.24, 2.45) is 0 Å². The van der Waals surface area contributed by atoms with Gasteiger partial charge in [0, 0.05) is 27.8 Å². The molecule has 8 rings (SSSR count). The third kappa shape index (κ3) is 4.92. The van der Waals surface area contributed by atoms with Crippen LogP contribution in [0.5, 0.6) is 0 Å². The van der Waals surface area contributed by atoms with Crippen molar-refractivity contribution < 1.29 is 9.59 Å². The first kappa shape index (κ1) is 30.8. The van der Waals surface area contributed by atoms with E-state index in [9.17, 15) is 4.79 Å². The van der Waals surface area contributed by atoms with Crippen molar-refractivity contribution in [2.45, 2.75) is 13.8 Å². The molecule has 1 aliphatic rings. The second kappa shape index (κ2) is 12.5. The zero-order valence-corrected chi connectivity index (χ0v) is 27.9. The number of carbonyl (C=O) groups is 2. The van der Waals surface area contributed by atoms with Crippen LogP contribution in [0.15, 0.2) is 158 Å². The Labute approximate surface area is 291 Å². The molecule has 0 fully saturated rings. The zero-order valence-electron chi connectivity index (χ0n) is 27.9. The molecule has 4 nitrogen and oxygen atoms in total. The summed E-state index contributed by atoms with van der Waals surface area (Å²) in [5.74, 6) is -0.688. The molecule has 0 saturated carbocycles. The van der Waals surface area contributed by atoms with Crippen LogP contribution >= 0.6 is 0 Å². The predicted molar refractivity (Wildman–Crippen MR) is 206 cm³/mol. The number of benzene rings is 6. The van der Waals surface area contributed by atoms with Crippen molar-refractivity contribution in [2.75, 3.05) is 4.90 Å². The van der Waals surface area contributed by atoms with E-state index in [1.807, 2.05) is 103 Å². The van der Waals surface area contributed by atoms with E-state index in [4.69, 9.17) is 0 Å². The quantitative estimate of drug-likeness (QED) is 0.128. The van der Waals surface area contributed by atoms with Gasteiger partial charge in [-0.25, -0.2) is 4.90 Å². The number of nitrogens with zero attached hydrogens (tertiary/aromatic N) is 2. The van der Waals surface area contributed by atoms with Gasteiger partial charge in [0.1, 0.15) is 0 Å². The van der Waals surface area contributed by atoms with Gasteiger partial charge >= 0.3 is 0 Å². The van der Waals surface area contributed by atoms with Gasteiger partial charge in [0.25, 0.3) is 11.8 Å². The summed E-state index contributed by atoms with van der Waals surface area (Å²) in [7, 11) is 0. The number of amides is 2. The van der Waals surface area contributed by atoms with Crippen molar-refractivity contribution in [1.82, 2.24) is 4.57 Å². The molecule has 7 aromatic rings. The van der Waals surface area contributed by atoms with E-state index in [1.54, 1.807) is 12.1 Å². The van der Waals surface area contributed by atoms with E-state index in [2.05, 4.69) is 67.5 Å². The number of allylic oxidation sites excluding steroid dienone is 2. The SMILES string of the molecule is C=C/C=C\c1c(C)n(-c2cccc3c2C(=O)N(c2c(-c4ccccc4)cc(-c4ccccc4)cc2-c2ccccc2)C3=O)c2c(C)cccc12. The maximum absolute atomic E-state index is 15.1. The number of aryl methyl sites for hydroxylation is 1. The second-order valence-electron chi connectivity index (χ2n) is 12.6. The maximum Gasteiger partial charge on any atom is 0.268 e. The number of rotatable bonds is 7. The van der Waals surface area contributed by atoms with Crippen molar-refractivity contribution in [3.8, 4) is 39.1 Å². The first-order valence-corrected chi connectivity index (χ1v) is 16.7. The largest absolute Gasteiger partial charge is 0.312 e. The van der Waals surface area contributed by atoms with E-state index in [0.717, 1.165) is 61.1 Å². The van der Waals surface area contributed by atoms with Crippen LogP contribution in [0.1, 0.15) is 37.5 Å². The molecule has 0 spiro atoms. The molecule has 2 heterocycles. The third-order valence-corrected chi connectivity index (χ3v) is 9.62. The summed E-state index contributed by atoms with van der Waals surface area (Å²) in [6.07, 6.45) is 5.74. The van der Waals surface area contributed by atoms with Crippen LogP contribution < -0.4 is 4.90 Å². The van der Waals surface area contributed by atoms with Crippen LogP contribution in [0, 0.1) is 13.8 Å². The Balaban J connectivity index is 1.40. The van der Waals surface area contributed by atoms with Crippen LogP contribution in [-0.4, -0.2) is 16.4 Å². The van der Waals surface area contributed by atoms with E-state index in [1.165, 1.54) is 4.90 Å². The van der Waals surface area contributed by atoms with Gasteiger partial charge in [0.15, 0.2) is 0 Å². The van der Waals surface area contributed by atoms with Crippen molar-refractivity contribution in [3.05, 3.63) is 186 Å². The average Bonchev–Trinajstić information content (AvgIpc) is 3.60. The fourth-order valence-electron chi connectivity index (χ4n) is 7.34. The van der Waals surface area contributed by atoms with Crippen molar-refractivity contribution >= 4 is 34.5 Å². The molecule has 6 aromatic carbocycles. The van der Waals surface area contributed by atoms with Gasteiger partial charge in [0.05, 0.1) is 28.0 Å². The summed E-state index contributed by atoms with van der Waals surface area (Å²) in [6.45, 7) is 8.01. The van der Waals surface area contributed by atoms with E-state index < -0.39 is 0 Å². The van der Waals surface area contributed by atoms with Crippen LogP contribution in [0.2, 0.25) is 0 Å². The van der Waals surface area contributed by atoms with Gasteiger partial charge in [-0.1, -0.05) is 140 Å². The molecule has 0 radical (unpaired) electrons. The standard InChI is InChI=1S/C46H34N2O2/c1-4-5-24-36-31(3)47(43-30(2)17-15-25-37(36)43)41-27-16-26-38-42(41)46(50)48(45(38)49)44-39(33-20-11-7-12-21-33)28-35(32-18-9-6-10-19-32)29-40(44)34-22-13-8-14-23-34/h4-29H,1H2,2-3H3/b24-5-. The highest BCUT2D eigenvalue weighted by molar-refractivity contribution is 6.37. The minimum atomic E-state index is -0.347. The normalized spacial score (nSPS) is 12.6. The van der Waals surface area contributed by atoms with E-state index >= 15 is 4.79 Å². The number of aromatic nitrogens is 1. The Morgan fingerprint density at radius 2 is 1.16 bits per heavy atom. The number of para-hydroxylation sites is 1. The smallest absolute Gasteiger partial charge is 0.268 e. The lowest BCUT2D eigenvalue weighted by Crippen LogP contribution is -2.30. The van der Waals surface area contributed by atoms with Crippen LogP contribution in [0.3, 0.4) is 0 Å². The van der Waals surface area contributed by atoms with E-state index in [-0.39, 0.29) is 11.8 Å². The number of fused-ring (bicyclic) bond motifs is 2. The molecular weight excluding hydrogens is 613 g/mol. The molecule has 0 bridgehead atoms. The number of imide groups is 1. The molecule has 1 aliphatic heterocycles. The topological polar surface area (TPSA) is 42.3 Å². The Hall–Kier alpha value is -6.52. The first-order chi connectivity index (χ1) is 24.5. The van der Waals surface area contributed by atoms with Gasteiger partial charge < -0.3 is 4.57 Å². The summed E-state index contributed by atoms with van der Waals surface area (Å²) >= 11 is 0. The Morgan fingerprint density at radius 1 is 0.580 bits per heavy atom. The predicted octanol–water partition coefficient (Wildman–Crippen LogP) is 11.2. The molecule has 0 atom stereocenters. The molecule has 50 heavy (non-hydrogen) atoms. The fourth-order valence-corrected chi connectivity index (χ4v) is 7.34. The first-order valence-electron chi connectivity index (χ1n) is 16.7. The second-order valence-corrected chi connectivity index (χ2v) is 12.6. The lowest BCUT2D eigenvalue weighted by Gasteiger charge is -2.24. The molecule has 0 N–H and O–H groups in total. The number of hydrogen-bond donors (Lipinski definition) is 0. The van der Waals surface area contributed by atoms with Crippen LogP contribution in [-0.2, 0) is 0 Å². The zero-order chi connectivity index (χ0) is 34.4. The highest BCUT2D eigenvalue weighted by atomic mass is 16.2. The molecular formula is C46H34N2O2. The highest BCUT2D eigenvalue weighted by Crippen LogP contribution is 2.46. The summed E-state index contributed by atoms with van der Waals surface area (Å²) in [6, 6.07) is 46.2. The number of hydrogen-bond acceptors (Lipinski definition) is 2. The van der Waals surface area contributed by atoms with Gasteiger partial charge in [-0.2, -0.15) is 0 Å². The molecule has 2 amide bonds. The maximum atomic E-state index is 15.1. The van der Waals surface area contributed by atoms with Crippen molar-refractivity contribution in [1.29, 1.82) is 0 Å². The summed E-state index contributed by atoms with van der Waals surface area (Å²) in [4.78, 5) is 31.3. The van der Waals surface area contributed by atoms with Gasteiger partial charge in [-0.15, -0.1) is 0 Å². The summed E-state index contributed by atoms with van der Waals surface area (Å²) in [5, 5.41) is 1.07. The monoisotopic (exact) mass is 646 g/mol. The van der Waals surface area contributed by atoms with Crippen molar-refractivity contribution in [3.63, 3.8) is 0 Å². The van der Waals surface area contributed by atoms with Crippen LogP contribution in [0.4, 0.5) is 5.69 Å². The summed E-state index contributed by atoms with van der Waals surface area (Å²) in [5.41, 5.74) is 11.6. The van der Waals surface area contributed by atoms with Crippen LogP contribution in [0.25, 0.3) is 56.0 Å². The molecule has 0 saturated heterocycles. The Kier molecular flexibility index (Phi) is 7.70. The minimum Gasteiger partial charge on any atom is -0.312 e. The number of anilines is 1. The molecule has 0 aliphatic carbocycles. The van der Waals surface area contributed by atoms with Gasteiger partial charge in [-0.05, 0) is 65.9 Å². The highest BCUT2D eigenvalue weighted by Gasteiger charge is 2.41. The van der Waals surface area contributed by atoms with E-state index in [0.29, 0.717) is 22.5 Å². The molecule has 240 valence electrons. The van der Waals surface area contributed by atoms with Gasteiger partial charge in [-0.3, -0.25) is 9.59 Å². The molecule has 4 heteroatoms. The minimum absolute atomic E-state index is 0.341. The average molecular weight is 647 g/mol. The molecule has 0 unspecified atom stereocenters. The Bertz CT molecular complexity index is 2430. The Morgan fingerprint density at radius 3 is 1.76 bits per heavy atom. The molecule has 1 aromatic heterocycles. The summed E-state index contributed by atoms with van der Waals surface area (Å²) < 4.78 is 2.13. The third-order valence-electron chi connectivity index (χ3n) is 9.62. The lowest BCUT2D eigenvalue weighted by molar-refractivity contribution is 0.0926. The fraction of sp³-hybridized carbons (Fsp3) is 0.0435. The van der Waals surface area contributed by atoms with Gasteiger partial charge in [0.2, 0.25) is 0 Å².